The third-order valence-electron chi connectivity index (χ3n) is 4.12. The van der Waals surface area contributed by atoms with Crippen LogP contribution in [0, 0.1) is 0 Å². The Morgan fingerprint density at radius 3 is 3.06 bits per heavy atom. The number of thioether (sulfide) groups is 1. The van der Waals surface area contributed by atoms with E-state index in [0.717, 1.165) is 25.1 Å². The first-order valence-corrected chi connectivity index (χ1v) is 7.93. The summed E-state index contributed by atoms with van der Waals surface area (Å²) in [7, 11) is 0. The molecular formula is C13H21N3OS. The molecule has 0 bridgehead atoms. The van der Waals surface area contributed by atoms with Gasteiger partial charge in [-0.1, -0.05) is 0 Å². The van der Waals surface area contributed by atoms with Crippen molar-refractivity contribution in [2.24, 2.45) is 5.73 Å². The minimum absolute atomic E-state index is 0.128. The van der Waals surface area contributed by atoms with Crippen LogP contribution >= 0.6 is 11.8 Å². The van der Waals surface area contributed by atoms with Crippen molar-refractivity contribution in [2.45, 2.75) is 43.9 Å². The van der Waals surface area contributed by atoms with Gasteiger partial charge in [0.2, 0.25) is 0 Å². The lowest BCUT2D eigenvalue weighted by Gasteiger charge is -2.43. The maximum absolute atomic E-state index is 6.11. The molecule has 0 amide bonds. The maximum atomic E-state index is 6.11. The minimum Gasteiger partial charge on any atom is -0.375 e. The average Bonchev–Trinajstić information content (AvgIpc) is 2.88. The fourth-order valence-electron chi connectivity index (χ4n) is 3.01. The zero-order chi connectivity index (χ0) is 12.4. The molecular weight excluding hydrogens is 246 g/mol. The summed E-state index contributed by atoms with van der Waals surface area (Å²) >= 11 is 2.05. The maximum Gasteiger partial charge on any atom is 0.0760 e. The Kier molecular flexibility index (Phi) is 3.63. The van der Waals surface area contributed by atoms with Gasteiger partial charge < -0.3 is 10.5 Å². The van der Waals surface area contributed by atoms with Gasteiger partial charge in [0.25, 0.3) is 0 Å². The molecule has 100 valence electrons. The number of ether oxygens (including phenoxy) is 1. The van der Waals surface area contributed by atoms with Crippen molar-refractivity contribution in [3.63, 3.8) is 0 Å². The zero-order valence-electron chi connectivity index (χ0n) is 10.7. The minimum atomic E-state index is 0.128. The second-order valence-corrected chi connectivity index (χ2v) is 6.51. The van der Waals surface area contributed by atoms with Gasteiger partial charge in [-0.15, -0.1) is 0 Å². The molecule has 5 heteroatoms. The second kappa shape index (κ2) is 5.23. The predicted octanol–water partition coefficient (Wildman–Crippen LogP) is 1.96. The Hall–Kier alpha value is -0.520. The first-order valence-electron chi connectivity index (χ1n) is 6.77. The quantitative estimate of drug-likeness (QED) is 0.890. The molecule has 0 aromatic carbocycles. The standard InChI is InChI=1S/C13H21N3OS/c14-10-11-1-5-16(15-11)12-2-6-17-13(9-12)3-7-18-8-4-13/h1,5,12H,2-4,6-10,14H2. The third-order valence-corrected chi connectivity index (χ3v) is 5.10. The molecule has 0 saturated carbocycles. The van der Waals surface area contributed by atoms with Gasteiger partial charge >= 0.3 is 0 Å². The summed E-state index contributed by atoms with van der Waals surface area (Å²) in [6, 6.07) is 2.51. The molecule has 0 radical (unpaired) electrons. The molecule has 3 rings (SSSR count). The van der Waals surface area contributed by atoms with Gasteiger partial charge in [0.15, 0.2) is 0 Å². The molecule has 2 N–H and O–H groups in total. The van der Waals surface area contributed by atoms with E-state index in [1.54, 1.807) is 0 Å². The van der Waals surface area contributed by atoms with Gasteiger partial charge in [-0.2, -0.15) is 16.9 Å². The van der Waals surface area contributed by atoms with Crippen LogP contribution in [0.3, 0.4) is 0 Å². The molecule has 2 saturated heterocycles. The van der Waals surface area contributed by atoms with Crippen LogP contribution < -0.4 is 5.73 Å². The Balaban J connectivity index is 1.73. The van der Waals surface area contributed by atoms with E-state index in [4.69, 9.17) is 10.5 Å². The van der Waals surface area contributed by atoms with Crippen LogP contribution in [0.4, 0.5) is 0 Å². The molecule has 2 aliphatic rings. The monoisotopic (exact) mass is 267 g/mol. The highest BCUT2D eigenvalue weighted by Crippen LogP contribution is 2.41. The van der Waals surface area contributed by atoms with Crippen molar-refractivity contribution in [3.8, 4) is 0 Å². The van der Waals surface area contributed by atoms with Crippen molar-refractivity contribution in [1.29, 1.82) is 0 Å². The summed E-state index contributed by atoms with van der Waals surface area (Å²) in [4.78, 5) is 0. The number of aromatic nitrogens is 2. The summed E-state index contributed by atoms with van der Waals surface area (Å²) in [5.41, 5.74) is 6.73. The Morgan fingerprint density at radius 2 is 2.33 bits per heavy atom. The zero-order valence-corrected chi connectivity index (χ0v) is 11.5. The number of hydrogen-bond donors (Lipinski definition) is 1. The molecule has 4 nitrogen and oxygen atoms in total. The summed E-state index contributed by atoms with van der Waals surface area (Å²) < 4.78 is 8.22. The Labute approximate surface area is 112 Å². The van der Waals surface area contributed by atoms with Crippen LogP contribution in [-0.2, 0) is 11.3 Å². The van der Waals surface area contributed by atoms with Gasteiger partial charge in [0.1, 0.15) is 0 Å². The fraction of sp³-hybridized carbons (Fsp3) is 0.769. The molecule has 3 heterocycles. The van der Waals surface area contributed by atoms with Crippen molar-refractivity contribution < 1.29 is 4.74 Å². The van der Waals surface area contributed by atoms with Gasteiger partial charge in [0, 0.05) is 19.3 Å². The van der Waals surface area contributed by atoms with E-state index in [-0.39, 0.29) is 5.60 Å². The van der Waals surface area contributed by atoms with E-state index in [1.807, 2.05) is 17.8 Å². The summed E-state index contributed by atoms with van der Waals surface area (Å²) in [6.07, 6.45) is 6.64. The molecule has 0 aliphatic carbocycles. The van der Waals surface area contributed by atoms with Crippen molar-refractivity contribution in [3.05, 3.63) is 18.0 Å². The highest BCUT2D eigenvalue weighted by Gasteiger charge is 2.39. The average molecular weight is 267 g/mol. The van der Waals surface area contributed by atoms with Crippen LogP contribution in [0.15, 0.2) is 12.3 Å². The summed E-state index contributed by atoms with van der Waals surface area (Å²) in [5, 5.41) is 4.56. The largest absolute Gasteiger partial charge is 0.375 e. The lowest BCUT2D eigenvalue weighted by atomic mass is 9.85. The first-order chi connectivity index (χ1) is 8.81. The SMILES string of the molecule is NCc1ccn(C2CCOC3(CCSCC3)C2)n1. The number of nitrogens with two attached hydrogens (primary N) is 1. The Morgan fingerprint density at radius 1 is 1.50 bits per heavy atom. The van der Waals surface area contributed by atoms with Crippen LogP contribution in [0.25, 0.3) is 0 Å². The van der Waals surface area contributed by atoms with E-state index in [0.29, 0.717) is 12.6 Å². The van der Waals surface area contributed by atoms with E-state index < -0.39 is 0 Å². The number of rotatable bonds is 2. The smallest absolute Gasteiger partial charge is 0.0760 e. The molecule has 1 aromatic rings. The van der Waals surface area contributed by atoms with Gasteiger partial charge in [-0.3, -0.25) is 4.68 Å². The fourth-order valence-corrected chi connectivity index (χ4v) is 4.25. The van der Waals surface area contributed by atoms with E-state index >= 15 is 0 Å². The highest BCUT2D eigenvalue weighted by molar-refractivity contribution is 7.99. The lowest BCUT2D eigenvalue weighted by Crippen LogP contribution is -2.43. The van der Waals surface area contributed by atoms with E-state index in [9.17, 15) is 0 Å². The summed E-state index contributed by atoms with van der Waals surface area (Å²) in [5.74, 6) is 2.47. The van der Waals surface area contributed by atoms with E-state index in [2.05, 4.69) is 16.0 Å². The van der Waals surface area contributed by atoms with Gasteiger partial charge in [0.05, 0.1) is 17.3 Å². The number of hydrogen-bond acceptors (Lipinski definition) is 4. The molecule has 1 aromatic heterocycles. The first kappa shape index (κ1) is 12.5. The van der Waals surface area contributed by atoms with Gasteiger partial charge in [-0.05, 0) is 43.3 Å². The molecule has 2 fully saturated rings. The van der Waals surface area contributed by atoms with Crippen molar-refractivity contribution in [1.82, 2.24) is 9.78 Å². The second-order valence-electron chi connectivity index (χ2n) is 5.28. The van der Waals surface area contributed by atoms with Crippen molar-refractivity contribution in [2.75, 3.05) is 18.1 Å². The normalized spacial score (nSPS) is 27.5. The molecule has 1 spiro atoms. The van der Waals surface area contributed by atoms with Crippen LogP contribution in [0.2, 0.25) is 0 Å². The molecule has 1 unspecified atom stereocenters. The molecule has 18 heavy (non-hydrogen) atoms. The summed E-state index contributed by atoms with van der Waals surface area (Å²) in [6.45, 7) is 1.39. The predicted molar refractivity (Wildman–Crippen MR) is 73.6 cm³/mol. The third kappa shape index (κ3) is 2.44. The molecule has 1 atom stereocenters. The van der Waals surface area contributed by atoms with Crippen LogP contribution in [0.5, 0.6) is 0 Å². The van der Waals surface area contributed by atoms with E-state index in [1.165, 1.54) is 24.3 Å². The highest BCUT2D eigenvalue weighted by atomic mass is 32.2. The Bertz CT molecular complexity index is 395. The van der Waals surface area contributed by atoms with Crippen molar-refractivity contribution >= 4 is 11.8 Å². The molecule has 2 aliphatic heterocycles. The van der Waals surface area contributed by atoms with Gasteiger partial charge in [-0.25, -0.2) is 0 Å². The van der Waals surface area contributed by atoms with Crippen LogP contribution in [0.1, 0.15) is 37.4 Å². The number of nitrogens with zero attached hydrogens (tertiary/aromatic N) is 2. The topological polar surface area (TPSA) is 53.1 Å². The lowest BCUT2D eigenvalue weighted by molar-refractivity contribution is -0.100. The van der Waals surface area contributed by atoms with Crippen LogP contribution in [-0.4, -0.2) is 33.5 Å².